The van der Waals surface area contributed by atoms with Crippen LogP contribution >= 0.6 is 0 Å². The Kier molecular flexibility index (Phi) is 4.77. The van der Waals surface area contributed by atoms with Gasteiger partial charge in [0.1, 0.15) is 5.70 Å². The van der Waals surface area contributed by atoms with Crippen molar-refractivity contribution in [1.82, 2.24) is 9.80 Å². The van der Waals surface area contributed by atoms with E-state index in [0.717, 1.165) is 42.9 Å². The second-order valence-electron chi connectivity index (χ2n) is 7.62. The van der Waals surface area contributed by atoms with E-state index in [1.165, 1.54) is 4.90 Å². The fourth-order valence-electron chi connectivity index (χ4n) is 3.98. The minimum absolute atomic E-state index is 0.222. The molecule has 0 saturated carbocycles. The lowest BCUT2D eigenvalue weighted by Gasteiger charge is -2.34. The van der Waals surface area contributed by atoms with Gasteiger partial charge in [-0.2, -0.15) is 0 Å². The minimum Gasteiger partial charge on any atom is -0.364 e. The third kappa shape index (κ3) is 3.12. The van der Waals surface area contributed by atoms with E-state index in [4.69, 9.17) is 0 Å². The van der Waals surface area contributed by atoms with Crippen LogP contribution < -0.4 is 4.90 Å². The molecule has 0 atom stereocenters. The van der Waals surface area contributed by atoms with Crippen molar-refractivity contribution in [2.75, 3.05) is 38.1 Å². The molecule has 2 aromatic carbocycles. The Labute approximate surface area is 165 Å². The predicted molar refractivity (Wildman–Crippen MR) is 111 cm³/mol. The molecule has 144 valence electrons. The van der Waals surface area contributed by atoms with Gasteiger partial charge >= 0.3 is 0 Å². The first kappa shape index (κ1) is 18.4. The smallest absolute Gasteiger partial charge is 0.282 e. The summed E-state index contributed by atoms with van der Waals surface area (Å²) >= 11 is 0. The zero-order valence-corrected chi connectivity index (χ0v) is 16.6. The van der Waals surface area contributed by atoms with Crippen molar-refractivity contribution < 1.29 is 9.59 Å². The molecule has 0 aromatic heterocycles. The highest BCUT2D eigenvalue weighted by molar-refractivity contribution is 6.45. The lowest BCUT2D eigenvalue weighted by molar-refractivity contribution is -0.120. The summed E-state index contributed by atoms with van der Waals surface area (Å²) in [6, 6.07) is 15.4. The average molecular weight is 375 g/mol. The summed E-state index contributed by atoms with van der Waals surface area (Å²) in [6.45, 7) is 7.17. The first-order chi connectivity index (χ1) is 13.5. The molecule has 2 amide bonds. The van der Waals surface area contributed by atoms with Crippen molar-refractivity contribution in [3.05, 3.63) is 70.9 Å². The standard InChI is InChI=1S/C23H25N3O2/c1-16-9-10-19(17(2)15-16)26-22(27)20(18-7-5-4-6-8-18)21(23(26)28)25-13-11-24(3)12-14-25/h4-10,15H,11-14H2,1-3H3. The number of benzene rings is 2. The molecule has 0 bridgehead atoms. The number of hydrogen-bond donors (Lipinski definition) is 0. The quantitative estimate of drug-likeness (QED) is 0.774. The Balaban J connectivity index is 1.82. The Morgan fingerprint density at radius 3 is 2.14 bits per heavy atom. The van der Waals surface area contributed by atoms with Gasteiger partial charge in [-0.15, -0.1) is 0 Å². The molecule has 4 rings (SSSR count). The number of likely N-dealkylation sites (N-methyl/N-ethyl adjacent to an activating group) is 1. The van der Waals surface area contributed by atoms with E-state index in [1.54, 1.807) is 0 Å². The second-order valence-corrected chi connectivity index (χ2v) is 7.62. The van der Waals surface area contributed by atoms with Gasteiger partial charge in [-0.1, -0.05) is 48.0 Å². The summed E-state index contributed by atoms with van der Waals surface area (Å²) in [7, 11) is 2.08. The summed E-state index contributed by atoms with van der Waals surface area (Å²) in [5.41, 5.74) is 4.53. The molecule has 5 nitrogen and oxygen atoms in total. The normalized spacial score (nSPS) is 18.4. The van der Waals surface area contributed by atoms with E-state index in [9.17, 15) is 9.59 Å². The maximum atomic E-state index is 13.5. The number of nitrogens with zero attached hydrogens (tertiary/aromatic N) is 3. The number of amides is 2. The highest BCUT2D eigenvalue weighted by atomic mass is 16.2. The van der Waals surface area contributed by atoms with E-state index in [2.05, 4.69) is 16.8 Å². The van der Waals surface area contributed by atoms with Gasteiger partial charge in [0.05, 0.1) is 11.3 Å². The van der Waals surface area contributed by atoms with Crippen LogP contribution in [0.15, 0.2) is 54.2 Å². The van der Waals surface area contributed by atoms with Gasteiger partial charge in [-0.05, 0) is 38.1 Å². The Bertz CT molecular complexity index is 957. The first-order valence-electron chi connectivity index (χ1n) is 9.66. The number of carbonyl (C=O) groups is 2. The number of carbonyl (C=O) groups excluding carboxylic acids is 2. The molecule has 2 aliphatic rings. The van der Waals surface area contributed by atoms with Crippen molar-refractivity contribution >= 4 is 23.1 Å². The highest BCUT2D eigenvalue weighted by Gasteiger charge is 2.43. The van der Waals surface area contributed by atoms with Gasteiger partial charge in [-0.3, -0.25) is 9.59 Å². The van der Waals surface area contributed by atoms with Crippen molar-refractivity contribution in [2.24, 2.45) is 0 Å². The molecule has 1 saturated heterocycles. The zero-order chi connectivity index (χ0) is 19.8. The number of piperazine rings is 1. The van der Waals surface area contributed by atoms with Crippen molar-refractivity contribution in [3.63, 3.8) is 0 Å². The van der Waals surface area contributed by atoms with E-state index in [1.807, 2.05) is 62.4 Å². The zero-order valence-electron chi connectivity index (χ0n) is 16.6. The minimum atomic E-state index is -0.239. The highest BCUT2D eigenvalue weighted by Crippen LogP contribution is 2.36. The molecule has 0 aliphatic carbocycles. The predicted octanol–water partition coefficient (Wildman–Crippen LogP) is 2.84. The molecule has 0 spiro atoms. The summed E-state index contributed by atoms with van der Waals surface area (Å²) in [4.78, 5) is 32.7. The van der Waals surface area contributed by atoms with Crippen LogP contribution in [0.25, 0.3) is 5.57 Å². The van der Waals surface area contributed by atoms with Gasteiger partial charge < -0.3 is 9.80 Å². The lowest BCUT2D eigenvalue weighted by Crippen LogP contribution is -2.46. The summed E-state index contributed by atoms with van der Waals surface area (Å²) in [5.74, 6) is -0.461. The maximum Gasteiger partial charge on any atom is 0.282 e. The largest absolute Gasteiger partial charge is 0.364 e. The number of aryl methyl sites for hydroxylation is 2. The van der Waals surface area contributed by atoms with Crippen molar-refractivity contribution in [3.8, 4) is 0 Å². The van der Waals surface area contributed by atoms with Gasteiger partial charge in [0, 0.05) is 26.2 Å². The van der Waals surface area contributed by atoms with Gasteiger partial charge in [-0.25, -0.2) is 4.90 Å². The monoisotopic (exact) mass is 375 g/mol. The molecule has 28 heavy (non-hydrogen) atoms. The topological polar surface area (TPSA) is 43.9 Å². The van der Waals surface area contributed by atoms with E-state index in [0.29, 0.717) is 17.0 Å². The average Bonchev–Trinajstić information content (AvgIpc) is 2.94. The fourth-order valence-corrected chi connectivity index (χ4v) is 3.98. The Morgan fingerprint density at radius 2 is 1.50 bits per heavy atom. The lowest BCUT2D eigenvalue weighted by atomic mass is 10.0. The van der Waals surface area contributed by atoms with Crippen LogP contribution in [-0.2, 0) is 9.59 Å². The van der Waals surface area contributed by atoms with Crippen LogP contribution in [0.3, 0.4) is 0 Å². The van der Waals surface area contributed by atoms with Crippen LogP contribution in [0.1, 0.15) is 16.7 Å². The van der Waals surface area contributed by atoms with E-state index < -0.39 is 0 Å². The molecule has 1 fully saturated rings. The maximum absolute atomic E-state index is 13.5. The van der Waals surface area contributed by atoms with Gasteiger partial charge in [0.2, 0.25) is 0 Å². The molecule has 0 N–H and O–H groups in total. The van der Waals surface area contributed by atoms with Crippen LogP contribution in [0.4, 0.5) is 5.69 Å². The van der Waals surface area contributed by atoms with Crippen LogP contribution in [0, 0.1) is 13.8 Å². The SMILES string of the molecule is Cc1ccc(N2C(=O)C(c3ccccc3)=C(N3CCN(C)CC3)C2=O)c(C)c1. The molecule has 2 aromatic rings. The van der Waals surface area contributed by atoms with Gasteiger partial charge in [0.25, 0.3) is 11.8 Å². The number of anilines is 1. The van der Waals surface area contributed by atoms with Crippen molar-refractivity contribution in [2.45, 2.75) is 13.8 Å². The first-order valence-corrected chi connectivity index (χ1v) is 9.66. The molecule has 0 radical (unpaired) electrons. The van der Waals surface area contributed by atoms with Crippen LogP contribution in [0.2, 0.25) is 0 Å². The number of hydrogen-bond acceptors (Lipinski definition) is 4. The number of rotatable bonds is 3. The molecule has 2 aliphatic heterocycles. The van der Waals surface area contributed by atoms with Crippen molar-refractivity contribution in [1.29, 1.82) is 0 Å². The van der Waals surface area contributed by atoms with Gasteiger partial charge in [0.15, 0.2) is 0 Å². The molecule has 5 heteroatoms. The Morgan fingerprint density at radius 1 is 0.821 bits per heavy atom. The fraction of sp³-hybridized carbons (Fsp3) is 0.304. The Hall–Kier alpha value is -2.92. The molecule has 2 heterocycles. The van der Waals surface area contributed by atoms with Crippen LogP contribution in [-0.4, -0.2) is 54.8 Å². The summed E-state index contributed by atoms with van der Waals surface area (Å²) < 4.78 is 0. The molecular formula is C23H25N3O2. The summed E-state index contributed by atoms with van der Waals surface area (Å²) in [5, 5.41) is 0. The van der Waals surface area contributed by atoms with Crippen LogP contribution in [0.5, 0.6) is 0 Å². The summed E-state index contributed by atoms with van der Waals surface area (Å²) in [6.07, 6.45) is 0. The van der Waals surface area contributed by atoms with E-state index >= 15 is 0 Å². The number of imide groups is 1. The molecular weight excluding hydrogens is 350 g/mol. The third-order valence-corrected chi connectivity index (χ3v) is 5.53. The third-order valence-electron chi connectivity index (χ3n) is 5.53. The second kappa shape index (κ2) is 7.24. The van der Waals surface area contributed by atoms with E-state index in [-0.39, 0.29) is 11.8 Å². The molecule has 0 unspecified atom stereocenters.